The van der Waals surface area contributed by atoms with Gasteiger partial charge in [0.15, 0.2) is 12.6 Å². The minimum Gasteiger partial charge on any atom is -0.370 e. The van der Waals surface area contributed by atoms with E-state index in [1.54, 1.807) is 0 Å². The van der Waals surface area contributed by atoms with Crippen LogP contribution in [0.5, 0.6) is 0 Å². The van der Waals surface area contributed by atoms with E-state index < -0.39 is 49.1 Å². The molecule has 9 heteroatoms. The lowest BCUT2D eigenvalue weighted by Crippen LogP contribution is -2.64. The molecule has 9 nitrogen and oxygen atoms in total. The number of fused-ring (bicyclic) bond motifs is 1. The van der Waals surface area contributed by atoms with Gasteiger partial charge in [-0.15, -0.1) is 0 Å². The second-order valence-electron chi connectivity index (χ2n) is 18.2. The number of allylic oxidation sites excluding steroid dienone is 1. The normalized spacial score (nSPS) is 21.9. The molecule has 0 aromatic heterocycles. The summed E-state index contributed by atoms with van der Waals surface area (Å²) in [4.78, 5) is 0. The fourth-order valence-electron chi connectivity index (χ4n) is 8.93. The maximum Gasteiger partial charge on any atom is 0.187 e. The van der Waals surface area contributed by atoms with Gasteiger partial charge in [-0.2, -0.15) is 0 Å². The highest BCUT2D eigenvalue weighted by atomic mass is 16.8. The Hall–Kier alpha value is -4.52. The molecule has 0 radical (unpaired) electrons. The summed E-state index contributed by atoms with van der Waals surface area (Å²) in [5, 5.41) is 0. The molecule has 2 heterocycles. The lowest BCUT2D eigenvalue weighted by molar-refractivity contribution is -0.373. The fourth-order valence-corrected chi connectivity index (χ4v) is 8.93. The first-order valence-corrected chi connectivity index (χ1v) is 25.3. The second-order valence-corrected chi connectivity index (χ2v) is 18.2. The molecule has 1 unspecified atom stereocenters. The average molecular weight is 926 g/mol. The zero-order valence-electron chi connectivity index (χ0n) is 40.1. The van der Waals surface area contributed by atoms with E-state index >= 15 is 0 Å². The van der Waals surface area contributed by atoms with Crippen LogP contribution in [0.2, 0.25) is 0 Å². The standard InChI is InChI=1S/C59H75NO8/c1-2-3-4-5-6-7-8-9-10-11-12-28-39-52(61-40-46-29-18-13-19-30-46)54(62-41-47-31-20-14-21-32-47)51(60)44-65-59-57(64-43-49-35-24-16-25-36-49)56(63-42-48-33-22-15-23-34-48)55-53(67-59)45-66-58(68-55)50-37-26-17-27-38-50/h12-38,51-59H,2-11,39-45,60H2,1H3/t51-,52+,53+,54-,55-,56-,57+,58?,59-/m0/s1. The Morgan fingerprint density at radius 3 is 1.62 bits per heavy atom. The van der Waals surface area contributed by atoms with E-state index in [2.05, 4.69) is 55.5 Å². The highest BCUT2D eigenvalue weighted by Gasteiger charge is 2.52. The summed E-state index contributed by atoms with van der Waals surface area (Å²) in [6.45, 7) is 4.09. The molecule has 0 amide bonds. The third-order valence-electron chi connectivity index (χ3n) is 12.8. The van der Waals surface area contributed by atoms with Gasteiger partial charge in [-0.25, -0.2) is 0 Å². The van der Waals surface area contributed by atoms with Crippen LogP contribution in [0.3, 0.4) is 0 Å². The summed E-state index contributed by atoms with van der Waals surface area (Å²) < 4.78 is 54.0. The molecule has 2 fully saturated rings. The SMILES string of the molecule is CCCCCCCCCCCC=CC[C@@H](OCc1ccccc1)[C@@H](OCc1ccccc1)[C@@H](N)CO[C@H]1O[C@@H]2COC(c3ccccc3)O[C@@H]2[C@H](OCc2ccccc2)[C@H]1OCc1ccccc1. The van der Waals surface area contributed by atoms with E-state index in [-0.39, 0.29) is 19.3 Å². The maximum absolute atomic E-state index is 7.27. The van der Waals surface area contributed by atoms with Crippen molar-refractivity contribution in [2.75, 3.05) is 13.2 Å². The van der Waals surface area contributed by atoms with Crippen molar-refractivity contribution < 1.29 is 37.9 Å². The maximum atomic E-state index is 7.27. The molecule has 364 valence electrons. The van der Waals surface area contributed by atoms with Crippen molar-refractivity contribution >= 4 is 0 Å². The van der Waals surface area contributed by atoms with Crippen LogP contribution in [0, 0.1) is 0 Å². The number of hydrogen-bond acceptors (Lipinski definition) is 9. The summed E-state index contributed by atoms with van der Waals surface area (Å²) >= 11 is 0. The number of rotatable bonds is 30. The van der Waals surface area contributed by atoms with Crippen molar-refractivity contribution in [3.05, 3.63) is 192 Å². The average Bonchev–Trinajstić information content (AvgIpc) is 3.39. The number of ether oxygens (including phenoxy) is 8. The minimum atomic E-state index is -0.873. The summed E-state index contributed by atoms with van der Waals surface area (Å²) in [7, 11) is 0. The topological polar surface area (TPSA) is 99.9 Å². The van der Waals surface area contributed by atoms with Crippen LogP contribution in [0.25, 0.3) is 0 Å². The Balaban J connectivity index is 1.09. The first-order chi connectivity index (χ1) is 33.6. The molecule has 2 saturated heterocycles. The number of unbranched alkanes of at least 4 members (excludes halogenated alkanes) is 9. The molecule has 7 rings (SSSR count). The van der Waals surface area contributed by atoms with Crippen molar-refractivity contribution in [3.8, 4) is 0 Å². The van der Waals surface area contributed by atoms with E-state index in [9.17, 15) is 0 Å². The molecule has 5 aromatic carbocycles. The smallest absolute Gasteiger partial charge is 0.187 e. The molecule has 9 atom stereocenters. The number of hydrogen-bond donors (Lipinski definition) is 1. The van der Waals surface area contributed by atoms with Crippen LogP contribution >= 0.6 is 0 Å². The summed E-state index contributed by atoms with van der Waals surface area (Å²) in [5.41, 5.74) is 12.4. The summed E-state index contributed by atoms with van der Waals surface area (Å²) in [6, 6.07) is 50.0. The van der Waals surface area contributed by atoms with Crippen LogP contribution in [0.4, 0.5) is 0 Å². The minimum absolute atomic E-state index is 0.0970. The molecule has 0 bridgehead atoms. The first-order valence-electron chi connectivity index (χ1n) is 25.3. The predicted molar refractivity (Wildman–Crippen MR) is 268 cm³/mol. The molecular weight excluding hydrogens is 851 g/mol. The van der Waals surface area contributed by atoms with Crippen LogP contribution in [-0.2, 0) is 64.3 Å². The first kappa shape index (κ1) is 51.3. The Morgan fingerprint density at radius 1 is 0.544 bits per heavy atom. The van der Waals surface area contributed by atoms with Crippen molar-refractivity contribution in [2.45, 2.75) is 159 Å². The Kier molecular flexibility index (Phi) is 22.3. The van der Waals surface area contributed by atoms with Crippen molar-refractivity contribution in [3.63, 3.8) is 0 Å². The van der Waals surface area contributed by atoms with Crippen LogP contribution < -0.4 is 5.73 Å². The third-order valence-corrected chi connectivity index (χ3v) is 12.8. The highest BCUT2D eigenvalue weighted by Crippen LogP contribution is 2.37. The van der Waals surface area contributed by atoms with Crippen LogP contribution in [0.15, 0.2) is 164 Å². The van der Waals surface area contributed by atoms with Crippen LogP contribution in [0.1, 0.15) is 112 Å². The highest BCUT2D eigenvalue weighted by molar-refractivity contribution is 5.18. The zero-order chi connectivity index (χ0) is 46.9. The number of benzene rings is 5. The van der Waals surface area contributed by atoms with Gasteiger partial charge in [-0.05, 0) is 41.5 Å². The molecule has 68 heavy (non-hydrogen) atoms. The van der Waals surface area contributed by atoms with E-state index in [0.717, 1.165) is 34.2 Å². The zero-order valence-corrected chi connectivity index (χ0v) is 40.1. The van der Waals surface area contributed by atoms with Crippen LogP contribution in [-0.4, -0.2) is 62.2 Å². The van der Waals surface area contributed by atoms with Gasteiger partial charge < -0.3 is 43.6 Å². The van der Waals surface area contributed by atoms with E-state index in [1.165, 1.54) is 57.8 Å². The van der Waals surface area contributed by atoms with Crippen molar-refractivity contribution in [2.24, 2.45) is 5.73 Å². The van der Waals surface area contributed by atoms with E-state index in [4.69, 9.17) is 43.6 Å². The quantitative estimate of drug-likeness (QED) is 0.0356. The summed E-state index contributed by atoms with van der Waals surface area (Å²) in [5.74, 6) is 0. The van der Waals surface area contributed by atoms with E-state index in [1.807, 2.05) is 115 Å². The molecule has 0 aliphatic carbocycles. The lowest BCUT2D eigenvalue weighted by atomic mass is 9.96. The summed E-state index contributed by atoms with van der Waals surface area (Å²) in [6.07, 6.45) is 13.3. The molecule has 5 aromatic rings. The largest absolute Gasteiger partial charge is 0.370 e. The molecule has 0 spiro atoms. The van der Waals surface area contributed by atoms with Crippen molar-refractivity contribution in [1.29, 1.82) is 0 Å². The van der Waals surface area contributed by atoms with Gasteiger partial charge in [0.05, 0.1) is 51.8 Å². The lowest BCUT2D eigenvalue weighted by Gasteiger charge is -2.49. The molecule has 2 aliphatic heterocycles. The Bertz CT molecular complexity index is 2080. The monoisotopic (exact) mass is 926 g/mol. The van der Waals surface area contributed by atoms with Gasteiger partial charge in [0.25, 0.3) is 0 Å². The molecule has 0 saturated carbocycles. The van der Waals surface area contributed by atoms with Gasteiger partial charge in [0.1, 0.15) is 30.5 Å². The fraction of sp³-hybridized carbons (Fsp3) is 0.458. The predicted octanol–water partition coefficient (Wildman–Crippen LogP) is 12.4. The Morgan fingerprint density at radius 2 is 1.04 bits per heavy atom. The third kappa shape index (κ3) is 16.9. The Labute approximate surface area is 406 Å². The van der Waals surface area contributed by atoms with Gasteiger partial charge in [-0.3, -0.25) is 0 Å². The van der Waals surface area contributed by atoms with Gasteiger partial charge >= 0.3 is 0 Å². The van der Waals surface area contributed by atoms with Crippen molar-refractivity contribution in [1.82, 2.24) is 0 Å². The molecule has 2 aliphatic rings. The second kappa shape index (κ2) is 29.5. The molecular formula is C59H75NO8. The van der Waals surface area contributed by atoms with E-state index in [0.29, 0.717) is 32.8 Å². The molecule has 2 N–H and O–H groups in total. The van der Waals surface area contributed by atoms with Gasteiger partial charge in [0.2, 0.25) is 0 Å². The van der Waals surface area contributed by atoms with Gasteiger partial charge in [0, 0.05) is 5.56 Å². The number of nitrogens with two attached hydrogens (primary N) is 1. The van der Waals surface area contributed by atoms with Gasteiger partial charge in [-0.1, -0.05) is 222 Å².